The van der Waals surface area contributed by atoms with E-state index in [-0.39, 0.29) is 23.9 Å². The van der Waals surface area contributed by atoms with Gasteiger partial charge in [-0.15, -0.1) is 6.58 Å². The van der Waals surface area contributed by atoms with Gasteiger partial charge in [0.25, 0.3) is 0 Å². The van der Waals surface area contributed by atoms with Crippen LogP contribution in [0.25, 0.3) is 0 Å². The van der Waals surface area contributed by atoms with E-state index in [0.717, 1.165) is 23.0 Å². The first-order chi connectivity index (χ1) is 7.72. The standard InChI is InChI=1S/C12H14N2O2/c1-2-3-8-6-9-7-10(8)12-11(9)13(15)4-5-14(12)16/h2,4-6,9-12H,1,3,7H2/q-2. The lowest BCUT2D eigenvalue weighted by atomic mass is 9.87. The Balaban J connectivity index is 1.92. The van der Waals surface area contributed by atoms with Crippen molar-refractivity contribution in [1.82, 2.24) is 10.1 Å². The van der Waals surface area contributed by atoms with Crippen LogP contribution in [0.4, 0.5) is 0 Å². The van der Waals surface area contributed by atoms with Gasteiger partial charge in [0.2, 0.25) is 0 Å². The number of nitrogens with zero attached hydrogens (tertiary/aromatic N) is 2. The summed E-state index contributed by atoms with van der Waals surface area (Å²) < 4.78 is 0. The summed E-state index contributed by atoms with van der Waals surface area (Å²) in [5.74, 6) is 0.482. The van der Waals surface area contributed by atoms with E-state index >= 15 is 0 Å². The monoisotopic (exact) mass is 218 g/mol. The van der Waals surface area contributed by atoms with E-state index in [1.54, 1.807) is 0 Å². The topological polar surface area (TPSA) is 52.6 Å². The van der Waals surface area contributed by atoms with E-state index in [0.29, 0.717) is 0 Å². The molecule has 0 aromatic rings. The zero-order chi connectivity index (χ0) is 11.3. The van der Waals surface area contributed by atoms with Crippen LogP contribution in [0, 0.1) is 22.3 Å². The lowest BCUT2D eigenvalue weighted by molar-refractivity contribution is 0.169. The maximum Gasteiger partial charge on any atom is 0.0442 e. The molecular weight excluding hydrogens is 204 g/mol. The number of allylic oxidation sites excluding steroid dienone is 1. The molecule has 4 nitrogen and oxygen atoms in total. The molecule has 3 aliphatic rings. The molecule has 16 heavy (non-hydrogen) atoms. The third-order valence-corrected chi connectivity index (χ3v) is 3.96. The van der Waals surface area contributed by atoms with Crippen LogP contribution >= 0.6 is 0 Å². The summed E-state index contributed by atoms with van der Waals surface area (Å²) in [4.78, 5) is 0. The van der Waals surface area contributed by atoms with Crippen molar-refractivity contribution in [3.8, 4) is 0 Å². The van der Waals surface area contributed by atoms with Crippen LogP contribution < -0.4 is 0 Å². The van der Waals surface area contributed by atoms with Crippen LogP contribution in [0.5, 0.6) is 0 Å². The molecule has 0 amide bonds. The Morgan fingerprint density at radius 2 is 2.00 bits per heavy atom. The van der Waals surface area contributed by atoms with Crippen molar-refractivity contribution in [1.29, 1.82) is 0 Å². The maximum atomic E-state index is 11.8. The van der Waals surface area contributed by atoms with Gasteiger partial charge in [0, 0.05) is 30.4 Å². The van der Waals surface area contributed by atoms with Gasteiger partial charge in [-0.25, -0.2) is 0 Å². The Bertz CT molecular complexity index is 377. The van der Waals surface area contributed by atoms with Gasteiger partial charge in [0.05, 0.1) is 0 Å². The summed E-state index contributed by atoms with van der Waals surface area (Å²) in [5, 5.41) is 25.4. The Kier molecular flexibility index (Phi) is 2.09. The van der Waals surface area contributed by atoms with Gasteiger partial charge in [-0.2, -0.15) is 0 Å². The molecule has 1 saturated carbocycles. The van der Waals surface area contributed by atoms with Gasteiger partial charge in [-0.3, -0.25) is 0 Å². The third-order valence-electron chi connectivity index (χ3n) is 3.96. The van der Waals surface area contributed by atoms with Crippen molar-refractivity contribution in [3.05, 3.63) is 47.1 Å². The number of hydroxylamine groups is 4. The molecule has 1 fully saturated rings. The molecular formula is C12H14N2O2-2. The first-order valence-corrected chi connectivity index (χ1v) is 5.63. The van der Waals surface area contributed by atoms with Crippen molar-refractivity contribution in [2.24, 2.45) is 11.8 Å². The first-order valence-electron chi connectivity index (χ1n) is 5.63. The fourth-order valence-electron chi connectivity index (χ4n) is 3.38. The van der Waals surface area contributed by atoms with Gasteiger partial charge >= 0.3 is 0 Å². The van der Waals surface area contributed by atoms with E-state index in [4.69, 9.17) is 0 Å². The zero-order valence-electron chi connectivity index (χ0n) is 8.95. The molecule has 0 aromatic heterocycles. The molecule has 4 heteroatoms. The Morgan fingerprint density at radius 3 is 2.69 bits per heavy atom. The van der Waals surface area contributed by atoms with Gasteiger partial charge < -0.3 is 20.5 Å². The van der Waals surface area contributed by atoms with Crippen LogP contribution in [0.3, 0.4) is 0 Å². The largest absolute Gasteiger partial charge is 0.758 e. The highest BCUT2D eigenvalue weighted by Gasteiger charge is 2.49. The van der Waals surface area contributed by atoms with Crippen LogP contribution in [-0.2, 0) is 0 Å². The molecule has 3 rings (SSSR count). The van der Waals surface area contributed by atoms with Crippen molar-refractivity contribution in [2.45, 2.75) is 24.9 Å². The molecule has 0 radical (unpaired) electrons. The van der Waals surface area contributed by atoms with E-state index in [1.807, 2.05) is 6.08 Å². The average molecular weight is 218 g/mol. The molecule has 1 heterocycles. The Morgan fingerprint density at radius 1 is 1.31 bits per heavy atom. The molecule has 0 N–H and O–H groups in total. The van der Waals surface area contributed by atoms with Crippen molar-refractivity contribution < 1.29 is 0 Å². The first kappa shape index (κ1) is 9.93. The van der Waals surface area contributed by atoms with Crippen molar-refractivity contribution in [2.75, 3.05) is 0 Å². The predicted octanol–water partition coefficient (Wildman–Crippen LogP) is 1.96. The Labute approximate surface area is 94.7 Å². The second-order valence-electron chi connectivity index (χ2n) is 4.74. The number of rotatable bonds is 2. The smallest absolute Gasteiger partial charge is 0.0442 e. The summed E-state index contributed by atoms with van der Waals surface area (Å²) in [7, 11) is 0. The van der Waals surface area contributed by atoms with Gasteiger partial charge in [0.1, 0.15) is 0 Å². The summed E-state index contributed by atoms with van der Waals surface area (Å²) in [6.07, 6.45) is 8.50. The molecule has 0 spiro atoms. The van der Waals surface area contributed by atoms with Gasteiger partial charge in [0.15, 0.2) is 0 Å². The van der Waals surface area contributed by atoms with E-state index in [9.17, 15) is 10.4 Å². The van der Waals surface area contributed by atoms with E-state index < -0.39 is 0 Å². The summed E-state index contributed by atoms with van der Waals surface area (Å²) in [5.41, 5.74) is 1.28. The molecule has 2 aliphatic carbocycles. The third kappa shape index (κ3) is 1.17. The minimum atomic E-state index is -0.188. The average Bonchev–Trinajstić information content (AvgIpc) is 2.82. The summed E-state index contributed by atoms with van der Waals surface area (Å²) in [6.45, 7) is 3.73. The van der Waals surface area contributed by atoms with Crippen LogP contribution in [-0.4, -0.2) is 22.2 Å². The van der Waals surface area contributed by atoms with Crippen molar-refractivity contribution in [3.63, 3.8) is 0 Å². The minimum Gasteiger partial charge on any atom is -0.758 e. The highest BCUT2D eigenvalue weighted by Crippen LogP contribution is 2.50. The van der Waals surface area contributed by atoms with Crippen LogP contribution in [0.2, 0.25) is 0 Å². The predicted molar refractivity (Wildman–Crippen MR) is 61.6 cm³/mol. The lowest BCUT2D eigenvalue weighted by Gasteiger charge is -2.53. The zero-order valence-corrected chi connectivity index (χ0v) is 8.95. The molecule has 86 valence electrons. The molecule has 4 atom stereocenters. The summed E-state index contributed by atoms with van der Waals surface area (Å²) in [6, 6.07) is -0.367. The Hall–Kier alpha value is -1.26. The molecule has 4 unspecified atom stereocenters. The fourth-order valence-corrected chi connectivity index (χ4v) is 3.38. The number of hydrogen-bond acceptors (Lipinski definition) is 4. The van der Waals surface area contributed by atoms with Crippen LogP contribution in [0.15, 0.2) is 36.7 Å². The molecule has 0 aromatic carbocycles. The highest BCUT2D eigenvalue weighted by molar-refractivity contribution is 5.31. The van der Waals surface area contributed by atoms with E-state index in [2.05, 4.69) is 12.7 Å². The molecule has 1 aliphatic heterocycles. The number of fused-ring (bicyclic) bond motifs is 5. The number of hydrogen-bond donors (Lipinski definition) is 0. The van der Waals surface area contributed by atoms with Crippen molar-refractivity contribution >= 4 is 0 Å². The van der Waals surface area contributed by atoms with E-state index in [1.165, 1.54) is 18.0 Å². The second kappa shape index (κ2) is 3.37. The van der Waals surface area contributed by atoms with Gasteiger partial charge in [-0.05, 0) is 18.8 Å². The fraction of sp³-hybridized carbons (Fsp3) is 0.500. The normalized spacial score (nSPS) is 40.0. The highest BCUT2D eigenvalue weighted by atomic mass is 16.5. The summed E-state index contributed by atoms with van der Waals surface area (Å²) >= 11 is 0. The van der Waals surface area contributed by atoms with Crippen LogP contribution in [0.1, 0.15) is 12.8 Å². The molecule has 0 saturated heterocycles. The SMILES string of the molecule is C=CCC1=CC2CC1C1C2N([O-])C=CN1[O-]. The maximum absolute atomic E-state index is 11.8. The molecule has 2 bridgehead atoms. The van der Waals surface area contributed by atoms with Gasteiger partial charge in [-0.1, -0.05) is 17.7 Å². The quantitative estimate of drug-likeness (QED) is 0.665. The lowest BCUT2D eigenvalue weighted by Crippen LogP contribution is -2.50. The second-order valence-corrected chi connectivity index (χ2v) is 4.74. The minimum absolute atomic E-state index is 0.180.